The van der Waals surface area contributed by atoms with Gasteiger partial charge in [-0.1, -0.05) is 88.4 Å². The molecule has 0 fully saturated rings. The van der Waals surface area contributed by atoms with Crippen LogP contribution in [0.3, 0.4) is 0 Å². The molecule has 0 aliphatic rings. The number of esters is 1. The molecule has 2 rings (SSSR count). The fourth-order valence-electron chi connectivity index (χ4n) is 4.27. The monoisotopic (exact) mass is 482 g/mol. The average molecular weight is 483 g/mol. The molecule has 0 saturated heterocycles. The summed E-state index contributed by atoms with van der Waals surface area (Å²) in [6, 6.07) is 18.9. The lowest BCUT2D eigenvalue weighted by Gasteiger charge is -2.30. The van der Waals surface area contributed by atoms with Gasteiger partial charge in [0.1, 0.15) is 25.0 Å². The minimum atomic E-state index is -0.180. The Kier molecular flexibility index (Phi) is 12.9. The van der Waals surface area contributed by atoms with Crippen LogP contribution in [0.1, 0.15) is 76.8 Å². The van der Waals surface area contributed by atoms with Gasteiger partial charge in [-0.3, -0.25) is 4.79 Å². The van der Waals surface area contributed by atoms with Gasteiger partial charge >= 0.3 is 5.97 Å². The van der Waals surface area contributed by atoms with Gasteiger partial charge in [0.15, 0.2) is 0 Å². The maximum absolute atomic E-state index is 12.5. The van der Waals surface area contributed by atoms with Crippen LogP contribution in [0.5, 0.6) is 5.75 Å². The summed E-state index contributed by atoms with van der Waals surface area (Å²) in [5, 5.41) is 0. The Labute approximate surface area is 214 Å². The fraction of sp³-hybridized carbons (Fsp3) is 0.581. The molecule has 2 unspecified atom stereocenters. The summed E-state index contributed by atoms with van der Waals surface area (Å²) in [6.45, 7) is 8.30. The SMILES string of the molecule is CCCCCCCCc1ccc(OC(C)COC(=O)C(C)CC[N+](C)(C)Cc2ccccc2)cc1. The van der Waals surface area contributed by atoms with Gasteiger partial charge in [0.05, 0.1) is 26.6 Å². The zero-order chi connectivity index (χ0) is 25.5. The lowest BCUT2D eigenvalue weighted by atomic mass is 10.0. The number of quaternary nitrogens is 1. The van der Waals surface area contributed by atoms with E-state index in [0.717, 1.165) is 36.2 Å². The summed E-state index contributed by atoms with van der Waals surface area (Å²) >= 11 is 0. The van der Waals surface area contributed by atoms with Gasteiger partial charge in [-0.2, -0.15) is 0 Å². The first-order valence-corrected chi connectivity index (χ1v) is 13.6. The zero-order valence-electron chi connectivity index (χ0n) is 22.8. The lowest BCUT2D eigenvalue weighted by Crippen LogP contribution is -2.40. The van der Waals surface area contributed by atoms with Crippen LogP contribution in [0.25, 0.3) is 0 Å². The van der Waals surface area contributed by atoms with E-state index in [-0.39, 0.29) is 24.6 Å². The lowest BCUT2D eigenvalue weighted by molar-refractivity contribution is -0.904. The van der Waals surface area contributed by atoms with Gasteiger partial charge in [-0.05, 0) is 37.5 Å². The van der Waals surface area contributed by atoms with Crippen molar-refractivity contribution in [3.8, 4) is 5.75 Å². The molecule has 0 saturated carbocycles. The van der Waals surface area contributed by atoms with Crippen LogP contribution in [0.2, 0.25) is 0 Å². The number of ether oxygens (including phenoxy) is 2. The second-order valence-corrected chi connectivity index (χ2v) is 10.7. The van der Waals surface area contributed by atoms with Crippen LogP contribution in [-0.4, -0.2) is 43.8 Å². The van der Waals surface area contributed by atoms with Crippen molar-refractivity contribution in [2.24, 2.45) is 5.92 Å². The molecule has 0 bridgehead atoms. The van der Waals surface area contributed by atoms with Crippen LogP contribution < -0.4 is 4.74 Å². The van der Waals surface area contributed by atoms with Gasteiger partial charge in [0, 0.05) is 12.0 Å². The van der Waals surface area contributed by atoms with E-state index in [9.17, 15) is 4.79 Å². The minimum absolute atomic E-state index is 0.128. The Morgan fingerprint density at radius 1 is 0.857 bits per heavy atom. The summed E-state index contributed by atoms with van der Waals surface area (Å²) < 4.78 is 12.4. The third kappa shape index (κ3) is 12.3. The number of carbonyl (C=O) groups excluding carboxylic acids is 1. The molecule has 0 heterocycles. The number of benzene rings is 2. The molecule has 0 aromatic heterocycles. The molecule has 2 aromatic carbocycles. The summed E-state index contributed by atoms with van der Waals surface area (Å²) in [4.78, 5) is 12.5. The van der Waals surface area contributed by atoms with E-state index in [0.29, 0.717) is 0 Å². The molecule has 0 aliphatic carbocycles. The molecule has 0 aliphatic heterocycles. The highest BCUT2D eigenvalue weighted by Gasteiger charge is 2.22. The second-order valence-electron chi connectivity index (χ2n) is 10.7. The van der Waals surface area contributed by atoms with Crippen molar-refractivity contribution in [1.29, 1.82) is 0 Å². The summed E-state index contributed by atoms with van der Waals surface area (Å²) in [7, 11) is 4.42. The molecule has 0 amide bonds. The van der Waals surface area contributed by atoms with E-state index in [1.165, 1.54) is 49.7 Å². The van der Waals surface area contributed by atoms with E-state index in [4.69, 9.17) is 9.47 Å². The van der Waals surface area contributed by atoms with Gasteiger partial charge in [0.25, 0.3) is 0 Å². The van der Waals surface area contributed by atoms with Crippen molar-refractivity contribution in [2.45, 2.75) is 84.8 Å². The van der Waals surface area contributed by atoms with Crippen molar-refractivity contribution in [3.63, 3.8) is 0 Å². The highest BCUT2D eigenvalue weighted by Crippen LogP contribution is 2.17. The van der Waals surface area contributed by atoms with Crippen molar-refractivity contribution in [3.05, 3.63) is 65.7 Å². The van der Waals surface area contributed by atoms with Crippen molar-refractivity contribution < 1.29 is 18.8 Å². The highest BCUT2D eigenvalue weighted by atomic mass is 16.6. The summed E-state index contributed by atoms with van der Waals surface area (Å²) in [5.41, 5.74) is 2.67. The number of hydrogen-bond acceptors (Lipinski definition) is 3. The van der Waals surface area contributed by atoms with Crippen LogP contribution in [0.15, 0.2) is 54.6 Å². The molecule has 2 aromatic rings. The molecular formula is C31H48NO3+. The fourth-order valence-corrected chi connectivity index (χ4v) is 4.27. The van der Waals surface area contributed by atoms with Gasteiger partial charge in [-0.25, -0.2) is 0 Å². The standard InChI is InChI=1S/C31H48NO3/c1-6-7-8-9-10-12-15-28-18-20-30(21-19-28)35-27(3)25-34-31(33)26(2)22-23-32(4,5)24-29-16-13-11-14-17-29/h11,13-14,16-21,26-27H,6-10,12,15,22-25H2,1-5H3/q+1. The third-order valence-corrected chi connectivity index (χ3v) is 6.56. The van der Waals surface area contributed by atoms with E-state index in [2.05, 4.69) is 57.4 Å². The predicted molar refractivity (Wildman–Crippen MR) is 145 cm³/mol. The average Bonchev–Trinajstić information content (AvgIpc) is 2.84. The van der Waals surface area contributed by atoms with Crippen LogP contribution in [0, 0.1) is 5.92 Å². The van der Waals surface area contributed by atoms with E-state index < -0.39 is 0 Å². The third-order valence-electron chi connectivity index (χ3n) is 6.56. The smallest absolute Gasteiger partial charge is 0.309 e. The Morgan fingerprint density at radius 3 is 2.20 bits per heavy atom. The predicted octanol–water partition coefficient (Wildman–Crippen LogP) is 7.20. The molecule has 0 radical (unpaired) electrons. The molecule has 4 heteroatoms. The first-order valence-electron chi connectivity index (χ1n) is 13.6. The zero-order valence-corrected chi connectivity index (χ0v) is 22.8. The molecular weight excluding hydrogens is 434 g/mol. The Hall–Kier alpha value is -2.33. The van der Waals surface area contributed by atoms with Crippen molar-refractivity contribution in [2.75, 3.05) is 27.2 Å². The van der Waals surface area contributed by atoms with Gasteiger partial charge < -0.3 is 14.0 Å². The number of rotatable bonds is 17. The first kappa shape index (κ1) is 28.9. The summed E-state index contributed by atoms with van der Waals surface area (Å²) in [5.74, 6) is 0.555. The molecule has 0 N–H and O–H groups in total. The second kappa shape index (κ2) is 15.6. The number of hydrogen-bond donors (Lipinski definition) is 0. The maximum atomic E-state index is 12.5. The van der Waals surface area contributed by atoms with Crippen molar-refractivity contribution >= 4 is 5.97 Å². The minimum Gasteiger partial charge on any atom is -0.487 e. The molecule has 0 spiro atoms. The normalized spacial score (nSPS) is 13.3. The quantitative estimate of drug-likeness (QED) is 0.136. The molecule has 2 atom stereocenters. The Morgan fingerprint density at radius 2 is 1.51 bits per heavy atom. The molecule has 194 valence electrons. The Bertz CT molecular complexity index is 832. The Balaban J connectivity index is 1.64. The van der Waals surface area contributed by atoms with Gasteiger partial charge in [-0.15, -0.1) is 0 Å². The van der Waals surface area contributed by atoms with Crippen molar-refractivity contribution in [1.82, 2.24) is 0 Å². The largest absolute Gasteiger partial charge is 0.487 e. The highest BCUT2D eigenvalue weighted by molar-refractivity contribution is 5.71. The molecule has 4 nitrogen and oxygen atoms in total. The first-order chi connectivity index (χ1) is 16.8. The van der Waals surface area contributed by atoms with Crippen LogP contribution in [-0.2, 0) is 22.5 Å². The van der Waals surface area contributed by atoms with Crippen LogP contribution >= 0.6 is 0 Å². The number of nitrogens with zero attached hydrogens (tertiary/aromatic N) is 1. The van der Waals surface area contributed by atoms with Crippen LogP contribution in [0.4, 0.5) is 0 Å². The maximum Gasteiger partial charge on any atom is 0.309 e. The van der Waals surface area contributed by atoms with E-state index >= 15 is 0 Å². The topological polar surface area (TPSA) is 35.5 Å². The van der Waals surface area contributed by atoms with Gasteiger partial charge in [0.2, 0.25) is 0 Å². The summed E-state index contributed by atoms with van der Waals surface area (Å²) in [6.07, 6.45) is 9.65. The van der Waals surface area contributed by atoms with E-state index in [1.807, 2.05) is 32.0 Å². The van der Waals surface area contributed by atoms with E-state index in [1.54, 1.807) is 0 Å². The number of unbranched alkanes of at least 4 members (excludes halogenated alkanes) is 5. The number of aryl methyl sites for hydroxylation is 1. The molecule has 35 heavy (non-hydrogen) atoms. The number of carbonyl (C=O) groups is 1.